The number of aliphatic hydroxyl groups is 1. The van der Waals surface area contributed by atoms with Crippen LogP contribution in [-0.4, -0.2) is 18.5 Å². The Labute approximate surface area is 96.1 Å². The highest BCUT2D eigenvalue weighted by Crippen LogP contribution is 2.34. The van der Waals surface area contributed by atoms with E-state index in [4.69, 9.17) is 20.3 Å². The first-order valence-corrected chi connectivity index (χ1v) is 5.41. The normalized spacial score (nSPS) is 16.7. The van der Waals surface area contributed by atoms with E-state index in [1.807, 2.05) is 12.1 Å². The fourth-order valence-corrected chi connectivity index (χ4v) is 2.31. The van der Waals surface area contributed by atoms with Gasteiger partial charge in [-0.2, -0.15) is 0 Å². The molecule has 1 aromatic carbocycles. The van der Waals surface area contributed by atoms with Gasteiger partial charge in [-0.1, -0.05) is 15.9 Å². The minimum Gasteiger partial charge on any atom is -0.467 e. The molecule has 5 heteroatoms. The highest BCUT2D eigenvalue weighted by atomic mass is 79.9. The summed E-state index contributed by atoms with van der Waals surface area (Å²) in [7, 11) is 0. The van der Waals surface area contributed by atoms with E-state index in [0.29, 0.717) is 6.61 Å². The molecule has 82 valence electrons. The van der Waals surface area contributed by atoms with Gasteiger partial charge in [-0.05, 0) is 17.7 Å². The Morgan fingerprint density at radius 2 is 2.33 bits per heavy atom. The zero-order valence-electron chi connectivity index (χ0n) is 8.07. The number of nitrogens with two attached hydrogens (primary N) is 1. The molecule has 1 atom stereocenters. The van der Waals surface area contributed by atoms with Gasteiger partial charge in [0.25, 0.3) is 0 Å². The van der Waals surface area contributed by atoms with Gasteiger partial charge >= 0.3 is 0 Å². The van der Waals surface area contributed by atoms with E-state index in [0.717, 1.165) is 21.3 Å². The van der Waals surface area contributed by atoms with Crippen LogP contribution in [0.15, 0.2) is 16.6 Å². The first kappa shape index (κ1) is 10.9. The van der Waals surface area contributed by atoms with Crippen LogP contribution in [0, 0.1) is 0 Å². The quantitative estimate of drug-likeness (QED) is 0.853. The lowest BCUT2D eigenvalue weighted by Crippen LogP contribution is -2.21. The molecular formula is C10H12BrNO3. The Balaban J connectivity index is 2.50. The van der Waals surface area contributed by atoms with Crippen LogP contribution >= 0.6 is 15.9 Å². The molecule has 2 rings (SSSR count). The summed E-state index contributed by atoms with van der Waals surface area (Å²) in [6.07, 6.45) is 0. The van der Waals surface area contributed by atoms with Crippen molar-refractivity contribution in [3.8, 4) is 5.75 Å². The lowest BCUT2D eigenvalue weighted by molar-refractivity contribution is -0.0171. The summed E-state index contributed by atoms with van der Waals surface area (Å²) in [5.74, 6) is 0.781. The minimum absolute atomic E-state index is 0.102. The molecule has 1 aliphatic heterocycles. The van der Waals surface area contributed by atoms with Crippen molar-refractivity contribution in [2.45, 2.75) is 12.6 Å². The summed E-state index contributed by atoms with van der Waals surface area (Å²) < 4.78 is 11.4. The highest BCUT2D eigenvalue weighted by molar-refractivity contribution is 9.10. The van der Waals surface area contributed by atoms with E-state index in [-0.39, 0.29) is 13.4 Å². The highest BCUT2D eigenvalue weighted by Gasteiger charge is 2.20. The second-order valence-corrected chi connectivity index (χ2v) is 4.19. The van der Waals surface area contributed by atoms with Crippen molar-refractivity contribution in [3.63, 3.8) is 0 Å². The lowest BCUT2D eigenvalue weighted by atomic mass is 10.0. The number of hydrogen-bond acceptors (Lipinski definition) is 4. The Morgan fingerprint density at radius 1 is 1.53 bits per heavy atom. The molecule has 1 unspecified atom stereocenters. The Morgan fingerprint density at radius 3 is 3.07 bits per heavy atom. The van der Waals surface area contributed by atoms with Crippen LogP contribution in [0.2, 0.25) is 0 Å². The Bertz CT molecular complexity index is 370. The fourth-order valence-electron chi connectivity index (χ4n) is 1.64. The zero-order chi connectivity index (χ0) is 10.8. The van der Waals surface area contributed by atoms with Crippen LogP contribution in [0.1, 0.15) is 17.2 Å². The van der Waals surface area contributed by atoms with Crippen LogP contribution in [0.3, 0.4) is 0 Å². The maximum Gasteiger partial charge on any atom is 0.189 e. The molecule has 3 N–H and O–H groups in total. The summed E-state index contributed by atoms with van der Waals surface area (Å²) in [5, 5.41) is 9.09. The van der Waals surface area contributed by atoms with E-state index in [1.54, 1.807) is 0 Å². The summed E-state index contributed by atoms with van der Waals surface area (Å²) in [5.41, 5.74) is 7.60. The van der Waals surface area contributed by atoms with Crippen LogP contribution in [-0.2, 0) is 11.3 Å². The third-order valence-electron chi connectivity index (χ3n) is 2.37. The van der Waals surface area contributed by atoms with E-state index in [1.165, 1.54) is 0 Å². The Hall–Kier alpha value is -0.620. The molecule has 0 amide bonds. The topological polar surface area (TPSA) is 64.7 Å². The second kappa shape index (κ2) is 4.49. The molecule has 1 heterocycles. The van der Waals surface area contributed by atoms with Gasteiger partial charge in [0.05, 0.1) is 19.3 Å². The van der Waals surface area contributed by atoms with Gasteiger partial charge in [0.1, 0.15) is 5.75 Å². The maximum atomic E-state index is 9.09. The van der Waals surface area contributed by atoms with Crippen molar-refractivity contribution in [1.29, 1.82) is 0 Å². The van der Waals surface area contributed by atoms with Gasteiger partial charge in [0.15, 0.2) is 6.79 Å². The average molecular weight is 274 g/mol. The fraction of sp³-hybridized carbons (Fsp3) is 0.400. The van der Waals surface area contributed by atoms with E-state index >= 15 is 0 Å². The molecular weight excluding hydrogens is 262 g/mol. The SMILES string of the molecule is NC(CO)c1c(Br)ccc2c1COCO2. The molecule has 0 aliphatic carbocycles. The number of ether oxygens (including phenoxy) is 2. The van der Waals surface area contributed by atoms with E-state index in [9.17, 15) is 0 Å². The monoisotopic (exact) mass is 273 g/mol. The predicted octanol–water partition coefficient (Wildman–Crippen LogP) is 1.31. The zero-order valence-corrected chi connectivity index (χ0v) is 9.66. The van der Waals surface area contributed by atoms with Gasteiger partial charge in [0.2, 0.25) is 0 Å². The van der Waals surface area contributed by atoms with Gasteiger partial charge < -0.3 is 20.3 Å². The number of aliphatic hydroxyl groups excluding tert-OH is 1. The minimum atomic E-state index is -0.417. The molecule has 0 spiro atoms. The van der Waals surface area contributed by atoms with Gasteiger partial charge in [-0.15, -0.1) is 0 Å². The number of hydrogen-bond donors (Lipinski definition) is 2. The number of benzene rings is 1. The van der Waals surface area contributed by atoms with Gasteiger partial charge in [-0.3, -0.25) is 0 Å². The first-order chi connectivity index (χ1) is 7.24. The van der Waals surface area contributed by atoms with Crippen molar-refractivity contribution in [3.05, 3.63) is 27.7 Å². The van der Waals surface area contributed by atoms with Gasteiger partial charge in [-0.25, -0.2) is 0 Å². The number of fused-ring (bicyclic) bond motifs is 1. The lowest BCUT2D eigenvalue weighted by Gasteiger charge is -2.23. The molecule has 1 aliphatic rings. The predicted molar refractivity (Wildman–Crippen MR) is 58.4 cm³/mol. The van der Waals surface area contributed by atoms with Crippen LogP contribution < -0.4 is 10.5 Å². The van der Waals surface area contributed by atoms with Crippen LogP contribution in [0.25, 0.3) is 0 Å². The molecule has 15 heavy (non-hydrogen) atoms. The van der Waals surface area contributed by atoms with Gasteiger partial charge in [0, 0.05) is 10.0 Å². The maximum absolute atomic E-state index is 9.09. The molecule has 0 saturated carbocycles. The summed E-state index contributed by atoms with van der Waals surface area (Å²) in [6.45, 7) is 0.634. The van der Waals surface area contributed by atoms with Crippen LogP contribution in [0.4, 0.5) is 0 Å². The van der Waals surface area contributed by atoms with Crippen molar-refractivity contribution in [2.75, 3.05) is 13.4 Å². The largest absolute Gasteiger partial charge is 0.467 e. The third kappa shape index (κ3) is 2.01. The smallest absolute Gasteiger partial charge is 0.189 e. The summed E-state index contributed by atoms with van der Waals surface area (Å²) in [6, 6.07) is 3.32. The Kier molecular flexibility index (Phi) is 3.25. The molecule has 1 aromatic rings. The molecule has 0 saturated heterocycles. The van der Waals surface area contributed by atoms with E-state index in [2.05, 4.69) is 15.9 Å². The van der Waals surface area contributed by atoms with E-state index < -0.39 is 6.04 Å². The summed E-state index contributed by atoms with van der Waals surface area (Å²) in [4.78, 5) is 0. The summed E-state index contributed by atoms with van der Waals surface area (Å²) >= 11 is 3.41. The van der Waals surface area contributed by atoms with Crippen LogP contribution in [0.5, 0.6) is 5.75 Å². The molecule has 0 radical (unpaired) electrons. The average Bonchev–Trinajstić information content (AvgIpc) is 2.28. The number of halogens is 1. The molecule has 0 bridgehead atoms. The standard InChI is InChI=1S/C10H12BrNO3/c11-7-1-2-9-6(4-14-5-15-9)10(7)8(12)3-13/h1-2,8,13H,3-5,12H2. The molecule has 0 aromatic heterocycles. The molecule has 0 fully saturated rings. The van der Waals surface area contributed by atoms with Crippen molar-refractivity contribution >= 4 is 15.9 Å². The first-order valence-electron chi connectivity index (χ1n) is 4.62. The third-order valence-corrected chi connectivity index (χ3v) is 3.06. The number of rotatable bonds is 2. The van der Waals surface area contributed by atoms with Crippen molar-refractivity contribution in [1.82, 2.24) is 0 Å². The van der Waals surface area contributed by atoms with Crippen molar-refractivity contribution in [2.24, 2.45) is 5.73 Å². The molecule has 4 nitrogen and oxygen atoms in total. The van der Waals surface area contributed by atoms with Crippen molar-refractivity contribution < 1.29 is 14.6 Å². The second-order valence-electron chi connectivity index (χ2n) is 3.34.